The van der Waals surface area contributed by atoms with Gasteiger partial charge in [-0.15, -0.1) is 0 Å². The van der Waals surface area contributed by atoms with Crippen LogP contribution in [0.2, 0.25) is 5.02 Å². The molecule has 0 heterocycles. The van der Waals surface area contributed by atoms with E-state index in [1.54, 1.807) is 56.5 Å². The van der Waals surface area contributed by atoms with Crippen molar-refractivity contribution in [2.75, 3.05) is 30.8 Å². The highest BCUT2D eigenvalue weighted by Gasteiger charge is 2.31. The van der Waals surface area contributed by atoms with Crippen LogP contribution in [-0.4, -0.2) is 46.9 Å². The molecule has 0 aliphatic rings. The molecule has 2 aromatic carbocycles. The van der Waals surface area contributed by atoms with Gasteiger partial charge in [-0.3, -0.25) is 9.10 Å². The number of carbonyl (C=O) groups excluding carboxylic acids is 1. The molecular formula is C20H25ClN2O5S. The second-order valence-corrected chi connectivity index (χ2v) is 8.57. The van der Waals surface area contributed by atoms with E-state index in [-0.39, 0.29) is 13.2 Å². The molecule has 7 nitrogen and oxygen atoms in total. The first-order valence-electron chi connectivity index (χ1n) is 9.05. The lowest BCUT2D eigenvalue weighted by Crippen LogP contribution is -2.50. The summed E-state index contributed by atoms with van der Waals surface area (Å²) in [6.07, 6.45) is 1.36. The lowest BCUT2D eigenvalue weighted by Gasteiger charge is -2.30. The summed E-state index contributed by atoms with van der Waals surface area (Å²) in [5.74, 6) is 0.957. The minimum atomic E-state index is -3.70. The first kappa shape index (κ1) is 22.8. The number of anilines is 1. The first-order chi connectivity index (χ1) is 13.8. The summed E-state index contributed by atoms with van der Waals surface area (Å²) < 4.78 is 36.5. The Kier molecular flexibility index (Phi) is 8.16. The fourth-order valence-corrected chi connectivity index (χ4v) is 4.19. The molecular weight excluding hydrogens is 416 g/mol. The maximum Gasteiger partial charge on any atom is 0.244 e. The monoisotopic (exact) mass is 440 g/mol. The van der Waals surface area contributed by atoms with Crippen LogP contribution in [-0.2, 0) is 14.8 Å². The summed E-state index contributed by atoms with van der Waals surface area (Å²) in [6.45, 7) is 2.22. The van der Waals surface area contributed by atoms with Crippen LogP contribution in [0.15, 0.2) is 48.5 Å². The van der Waals surface area contributed by atoms with Gasteiger partial charge in [-0.1, -0.05) is 24.6 Å². The molecule has 1 N–H and O–H groups in total. The number of sulfonamides is 1. The van der Waals surface area contributed by atoms with Crippen LogP contribution in [0.5, 0.6) is 11.5 Å². The van der Waals surface area contributed by atoms with Crippen molar-refractivity contribution >= 4 is 33.2 Å². The Morgan fingerprint density at radius 2 is 1.83 bits per heavy atom. The lowest BCUT2D eigenvalue weighted by molar-refractivity contribution is -0.122. The third kappa shape index (κ3) is 6.54. The standard InChI is InChI=1S/C20H25ClN2O5S/c1-4-19(23(29(3,25)26)16-7-5-6-15(21)14-16)20(24)22-12-13-28-18-10-8-17(27-2)9-11-18/h5-11,14,19H,4,12-13H2,1-3H3,(H,22,24). The van der Waals surface area contributed by atoms with Crippen LogP contribution in [0.3, 0.4) is 0 Å². The van der Waals surface area contributed by atoms with Gasteiger partial charge in [-0.25, -0.2) is 8.42 Å². The van der Waals surface area contributed by atoms with E-state index < -0.39 is 22.0 Å². The van der Waals surface area contributed by atoms with Crippen molar-refractivity contribution in [3.05, 3.63) is 53.6 Å². The normalized spacial score (nSPS) is 12.1. The average Bonchev–Trinajstić information content (AvgIpc) is 2.68. The molecule has 0 saturated heterocycles. The quantitative estimate of drug-likeness (QED) is 0.574. The maximum absolute atomic E-state index is 12.7. The molecule has 0 spiro atoms. The van der Waals surface area contributed by atoms with Gasteiger partial charge in [0.25, 0.3) is 0 Å². The van der Waals surface area contributed by atoms with Crippen LogP contribution >= 0.6 is 11.6 Å². The zero-order chi connectivity index (χ0) is 21.4. The van der Waals surface area contributed by atoms with E-state index in [2.05, 4.69) is 5.32 Å². The minimum Gasteiger partial charge on any atom is -0.497 e. The summed E-state index contributed by atoms with van der Waals surface area (Å²) in [4.78, 5) is 12.7. The molecule has 0 radical (unpaired) electrons. The largest absolute Gasteiger partial charge is 0.497 e. The highest BCUT2D eigenvalue weighted by Crippen LogP contribution is 2.25. The molecule has 29 heavy (non-hydrogen) atoms. The third-order valence-corrected chi connectivity index (χ3v) is 5.54. The summed E-state index contributed by atoms with van der Waals surface area (Å²) >= 11 is 6.00. The number of carbonyl (C=O) groups is 1. The highest BCUT2D eigenvalue weighted by molar-refractivity contribution is 7.92. The zero-order valence-electron chi connectivity index (χ0n) is 16.6. The number of rotatable bonds is 10. The van der Waals surface area contributed by atoms with Gasteiger partial charge in [0.2, 0.25) is 15.9 Å². The zero-order valence-corrected chi connectivity index (χ0v) is 18.2. The van der Waals surface area contributed by atoms with E-state index in [1.165, 1.54) is 6.07 Å². The molecule has 9 heteroatoms. The van der Waals surface area contributed by atoms with Crippen LogP contribution < -0.4 is 19.1 Å². The third-order valence-electron chi connectivity index (χ3n) is 4.12. The number of hydrogen-bond acceptors (Lipinski definition) is 5. The van der Waals surface area contributed by atoms with E-state index in [0.717, 1.165) is 16.3 Å². The van der Waals surface area contributed by atoms with Crippen LogP contribution in [0, 0.1) is 0 Å². The van der Waals surface area contributed by atoms with Gasteiger partial charge >= 0.3 is 0 Å². The Balaban J connectivity index is 2.01. The van der Waals surface area contributed by atoms with E-state index in [1.807, 2.05) is 0 Å². The molecule has 1 unspecified atom stereocenters. The first-order valence-corrected chi connectivity index (χ1v) is 11.3. The number of methoxy groups -OCH3 is 1. The molecule has 0 aliphatic heterocycles. The predicted molar refractivity (Wildman–Crippen MR) is 114 cm³/mol. The van der Waals surface area contributed by atoms with Gasteiger partial charge in [0.1, 0.15) is 24.1 Å². The predicted octanol–water partition coefficient (Wildman–Crippen LogP) is 3.09. The van der Waals surface area contributed by atoms with E-state index in [9.17, 15) is 13.2 Å². The van der Waals surface area contributed by atoms with Crippen molar-refractivity contribution in [2.24, 2.45) is 0 Å². The second kappa shape index (κ2) is 10.4. The summed E-state index contributed by atoms with van der Waals surface area (Å²) in [6, 6.07) is 12.6. The number of halogens is 1. The molecule has 0 aliphatic carbocycles. The Morgan fingerprint density at radius 3 is 2.38 bits per heavy atom. The summed E-state index contributed by atoms with van der Waals surface area (Å²) in [5, 5.41) is 3.12. The molecule has 0 saturated carbocycles. The lowest BCUT2D eigenvalue weighted by atomic mass is 10.2. The molecule has 158 valence electrons. The minimum absolute atomic E-state index is 0.231. The number of ether oxygens (including phenoxy) is 2. The van der Waals surface area contributed by atoms with Crippen molar-refractivity contribution < 1.29 is 22.7 Å². The summed E-state index contributed by atoms with van der Waals surface area (Å²) in [7, 11) is -2.12. The highest BCUT2D eigenvalue weighted by atomic mass is 35.5. The smallest absolute Gasteiger partial charge is 0.244 e. The number of hydrogen-bond donors (Lipinski definition) is 1. The maximum atomic E-state index is 12.7. The van der Waals surface area contributed by atoms with Gasteiger partial charge in [-0.2, -0.15) is 0 Å². The van der Waals surface area contributed by atoms with Crippen LogP contribution in [0.4, 0.5) is 5.69 Å². The van der Waals surface area contributed by atoms with Crippen molar-refractivity contribution in [3.63, 3.8) is 0 Å². The second-order valence-electron chi connectivity index (χ2n) is 6.28. The Labute approximate surface area is 176 Å². The molecule has 2 rings (SSSR count). The molecule has 1 amide bonds. The number of benzene rings is 2. The fraction of sp³-hybridized carbons (Fsp3) is 0.350. The number of nitrogens with one attached hydrogen (secondary N) is 1. The van der Waals surface area contributed by atoms with Gasteiger partial charge in [0, 0.05) is 5.02 Å². The van der Waals surface area contributed by atoms with Crippen molar-refractivity contribution in [1.82, 2.24) is 5.32 Å². The molecule has 0 bridgehead atoms. The number of amides is 1. The fourth-order valence-electron chi connectivity index (χ4n) is 2.81. The van der Waals surface area contributed by atoms with Gasteiger partial charge in [0.15, 0.2) is 0 Å². The SMILES string of the molecule is CCC(C(=O)NCCOc1ccc(OC)cc1)N(c1cccc(Cl)c1)S(C)(=O)=O. The molecule has 0 aromatic heterocycles. The van der Waals surface area contributed by atoms with Gasteiger partial charge < -0.3 is 14.8 Å². The van der Waals surface area contributed by atoms with Crippen molar-refractivity contribution in [1.29, 1.82) is 0 Å². The Bertz CT molecular complexity index is 919. The van der Waals surface area contributed by atoms with E-state index in [4.69, 9.17) is 21.1 Å². The topological polar surface area (TPSA) is 84.9 Å². The van der Waals surface area contributed by atoms with Crippen LogP contribution in [0.25, 0.3) is 0 Å². The number of nitrogens with zero attached hydrogens (tertiary/aromatic N) is 1. The van der Waals surface area contributed by atoms with E-state index >= 15 is 0 Å². The molecule has 2 aromatic rings. The van der Waals surface area contributed by atoms with Crippen molar-refractivity contribution in [3.8, 4) is 11.5 Å². The molecule has 1 atom stereocenters. The Hall–Kier alpha value is -2.45. The van der Waals surface area contributed by atoms with Crippen LogP contribution in [0.1, 0.15) is 13.3 Å². The van der Waals surface area contributed by atoms with Gasteiger partial charge in [0.05, 0.1) is 25.6 Å². The van der Waals surface area contributed by atoms with Gasteiger partial charge in [-0.05, 0) is 48.9 Å². The Morgan fingerprint density at radius 1 is 1.17 bits per heavy atom. The van der Waals surface area contributed by atoms with Crippen molar-refractivity contribution in [2.45, 2.75) is 19.4 Å². The average molecular weight is 441 g/mol. The summed E-state index contributed by atoms with van der Waals surface area (Å²) in [5.41, 5.74) is 0.344. The molecule has 0 fully saturated rings. The van der Waals surface area contributed by atoms with E-state index in [0.29, 0.717) is 22.9 Å².